The van der Waals surface area contributed by atoms with Crippen molar-refractivity contribution in [3.05, 3.63) is 64.1 Å². The molecule has 0 radical (unpaired) electrons. The lowest BCUT2D eigenvalue weighted by molar-refractivity contribution is -0.177. The molecule has 3 aromatic rings. The monoisotopic (exact) mass is 476 g/mol. The molecule has 0 amide bonds. The van der Waals surface area contributed by atoms with Crippen LogP contribution in [-0.4, -0.2) is 34.7 Å². The minimum Gasteiger partial charge on any atom is -0.472 e. The molecule has 1 aromatic heterocycles. The normalized spacial score (nSPS) is 24.7. The molecular weight excluding hydrogens is 443 g/mol. The number of benzene rings is 2. The number of H-pyrrole nitrogens is 1. The summed E-state index contributed by atoms with van der Waals surface area (Å²) in [4.78, 5) is 19.6. The third-order valence-corrected chi connectivity index (χ3v) is 8.46. The summed E-state index contributed by atoms with van der Waals surface area (Å²) in [5.41, 5.74) is 5.13. The number of nitrogens with zero attached hydrogens (tertiary/aromatic N) is 1. The van der Waals surface area contributed by atoms with Gasteiger partial charge in [-0.3, -0.25) is 4.90 Å². The highest BCUT2D eigenvalue weighted by Gasteiger charge is 2.52. The fourth-order valence-electron chi connectivity index (χ4n) is 6.71. The standard InChI is InChI=1S/C29H33FN2O3/c1-17-15-24-23(16-21-7-6-14-32-13-5-4-12-29(21,32)35-24)26-25(18(2)31-27(17)26)28(33)34-19(3)20-8-10-22(30)11-9-20/h8-11,15,19,21,31H,4-7,12-14,16H2,1-3H3. The highest BCUT2D eigenvalue weighted by molar-refractivity contribution is 6.08. The maximum Gasteiger partial charge on any atom is 0.341 e. The number of nitrogens with one attached hydrogen (secondary N) is 1. The van der Waals surface area contributed by atoms with Gasteiger partial charge in [-0.15, -0.1) is 0 Å². The smallest absolute Gasteiger partial charge is 0.341 e. The number of rotatable bonds is 3. The predicted molar refractivity (Wildman–Crippen MR) is 133 cm³/mol. The van der Waals surface area contributed by atoms with Gasteiger partial charge in [0.2, 0.25) is 0 Å². The minimum absolute atomic E-state index is 0.202. The van der Waals surface area contributed by atoms with Gasteiger partial charge in [0, 0.05) is 47.6 Å². The van der Waals surface area contributed by atoms with E-state index < -0.39 is 6.10 Å². The van der Waals surface area contributed by atoms with E-state index in [0.29, 0.717) is 11.5 Å². The van der Waals surface area contributed by atoms with Crippen LogP contribution in [-0.2, 0) is 11.2 Å². The van der Waals surface area contributed by atoms with Gasteiger partial charge in [-0.2, -0.15) is 0 Å². The molecule has 0 saturated carbocycles. The molecule has 2 fully saturated rings. The molecule has 0 aliphatic carbocycles. The quantitative estimate of drug-likeness (QED) is 0.447. The molecule has 3 atom stereocenters. The van der Waals surface area contributed by atoms with Gasteiger partial charge in [-0.25, -0.2) is 9.18 Å². The van der Waals surface area contributed by atoms with E-state index >= 15 is 0 Å². The zero-order chi connectivity index (χ0) is 24.3. The summed E-state index contributed by atoms with van der Waals surface area (Å²) < 4.78 is 26.2. The molecule has 6 rings (SSSR count). The molecular formula is C29H33FN2O3. The molecule has 6 heteroatoms. The topological polar surface area (TPSA) is 54.6 Å². The lowest BCUT2D eigenvalue weighted by Crippen LogP contribution is -2.64. The van der Waals surface area contributed by atoms with Gasteiger partial charge < -0.3 is 14.5 Å². The lowest BCUT2D eigenvalue weighted by atomic mass is 9.74. The number of aryl methyl sites for hydroxylation is 2. The van der Waals surface area contributed by atoms with Crippen LogP contribution < -0.4 is 4.74 Å². The van der Waals surface area contributed by atoms with Crippen molar-refractivity contribution in [2.45, 2.75) is 71.1 Å². The van der Waals surface area contributed by atoms with Crippen LogP contribution in [0.15, 0.2) is 30.3 Å². The molecule has 3 unspecified atom stereocenters. The Labute approximate surface area is 205 Å². The van der Waals surface area contributed by atoms with Crippen molar-refractivity contribution in [1.29, 1.82) is 0 Å². The average molecular weight is 477 g/mol. The molecule has 1 spiro atoms. The van der Waals surface area contributed by atoms with E-state index in [0.717, 1.165) is 71.4 Å². The lowest BCUT2D eigenvalue weighted by Gasteiger charge is -2.56. The fraction of sp³-hybridized carbons (Fsp3) is 0.483. The number of piperidine rings is 2. The maximum absolute atomic E-state index is 13.5. The molecule has 4 heterocycles. The maximum atomic E-state index is 13.5. The number of aromatic nitrogens is 1. The number of carbonyl (C=O) groups is 1. The molecule has 1 N–H and O–H groups in total. The Morgan fingerprint density at radius 1 is 1.20 bits per heavy atom. The summed E-state index contributed by atoms with van der Waals surface area (Å²) in [6.45, 7) is 8.04. The van der Waals surface area contributed by atoms with E-state index in [1.165, 1.54) is 31.4 Å². The number of esters is 1. The SMILES string of the molecule is Cc1[nH]c2c(C)cc3c(c2c1C(=O)OC(C)c1ccc(F)cc1)CC1CCCN2CCCCC12O3. The molecule has 0 bridgehead atoms. The summed E-state index contributed by atoms with van der Waals surface area (Å²) in [6.07, 6.45) is 6.28. The number of carbonyl (C=O) groups excluding carboxylic acids is 1. The largest absolute Gasteiger partial charge is 0.472 e. The molecule has 35 heavy (non-hydrogen) atoms. The second kappa shape index (κ2) is 8.37. The molecule has 184 valence electrons. The predicted octanol–water partition coefficient (Wildman–Crippen LogP) is 6.37. The summed E-state index contributed by atoms with van der Waals surface area (Å²) in [5, 5.41) is 0.941. The van der Waals surface area contributed by atoms with Gasteiger partial charge in [0.05, 0.1) is 5.56 Å². The summed E-state index contributed by atoms with van der Waals surface area (Å²) in [7, 11) is 0. The number of aromatic amines is 1. The molecule has 5 nitrogen and oxygen atoms in total. The van der Waals surface area contributed by atoms with E-state index in [1.54, 1.807) is 12.1 Å². The van der Waals surface area contributed by atoms with Crippen molar-refractivity contribution in [3.8, 4) is 5.75 Å². The Bertz CT molecular complexity index is 1300. The number of ether oxygens (including phenoxy) is 2. The molecule has 2 aromatic carbocycles. The van der Waals surface area contributed by atoms with Crippen molar-refractivity contribution in [3.63, 3.8) is 0 Å². The van der Waals surface area contributed by atoms with Gasteiger partial charge in [0.15, 0.2) is 5.72 Å². The number of fused-ring (bicyclic) bond motifs is 3. The van der Waals surface area contributed by atoms with Crippen molar-refractivity contribution < 1.29 is 18.7 Å². The van der Waals surface area contributed by atoms with Gasteiger partial charge in [0.25, 0.3) is 0 Å². The first-order chi connectivity index (χ1) is 16.9. The van der Waals surface area contributed by atoms with Crippen LogP contribution >= 0.6 is 0 Å². The highest BCUT2D eigenvalue weighted by atomic mass is 19.1. The number of hydrogen-bond donors (Lipinski definition) is 1. The van der Waals surface area contributed by atoms with Crippen molar-refractivity contribution in [2.24, 2.45) is 5.92 Å². The Hall–Kier alpha value is -2.86. The summed E-state index contributed by atoms with van der Waals surface area (Å²) >= 11 is 0. The summed E-state index contributed by atoms with van der Waals surface area (Å²) in [5.74, 6) is 0.673. The Morgan fingerprint density at radius 2 is 1.97 bits per heavy atom. The van der Waals surface area contributed by atoms with Gasteiger partial charge in [-0.05, 0) is 82.2 Å². The van der Waals surface area contributed by atoms with Crippen LogP contribution in [0.25, 0.3) is 10.9 Å². The second-order valence-electron chi connectivity index (χ2n) is 10.6. The number of halogens is 1. The number of hydrogen-bond acceptors (Lipinski definition) is 4. The van der Waals surface area contributed by atoms with Crippen LogP contribution in [0.1, 0.15) is 77.9 Å². The Kier molecular flexibility index (Phi) is 5.40. The van der Waals surface area contributed by atoms with Crippen LogP contribution in [0.5, 0.6) is 5.75 Å². The van der Waals surface area contributed by atoms with E-state index in [2.05, 4.69) is 22.9 Å². The van der Waals surface area contributed by atoms with Gasteiger partial charge in [-0.1, -0.05) is 12.1 Å². The van der Waals surface area contributed by atoms with Gasteiger partial charge >= 0.3 is 5.97 Å². The average Bonchev–Trinajstić information content (AvgIpc) is 3.20. The molecule has 3 aliphatic rings. The van der Waals surface area contributed by atoms with Crippen LogP contribution in [0, 0.1) is 25.6 Å². The van der Waals surface area contributed by atoms with Crippen LogP contribution in [0.3, 0.4) is 0 Å². The Balaban J connectivity index is 1.41. The second-order valence-corrected chi connectivity index (χ2v) is 10.6. The van der Waals surface area contributed by atoms with E-state index in [4.69, 9.17) is 9.47 Å². The van der Waals surface area contributed by atoms with Crippen molar-refractivity contribution >= 4 is 16.9 Å². The van der Waals surface area contributed by atoms with E-state index in [1.807, 2.05) is 13.8 Å². The first kappa shape index (κ1) is 22.6. The third-order valence-electron chi connectivity index (χ3n) is 8.46. The van der Waals surface area contributed by atoms with Crippen LogP contribution in [0.4, 0.5) is 4.39 Å². The van der Waals surface area contributed by atoms with Crippen molar-refractivity contribution in [2.75, 3.05) is 13.1 Å². The molecule has 3 aliphatic heterocycles. The fourth-order valence-corrected chi connectivity index (χ4v) is 6.71. The summed E-state index contributed by atoms with van der Waals surface area (Å²) in [6, 6.07) is 8.25. The zero-order valence-corrected chi connectivity index (χ0v) is 20.7. The van der Waals surface area contributed by atoms with Gasteiger partial charge in [0.1, 0.15) is 17.7 Å². The minimum atomic E-state index is -0.484. The van der Waals surface area contributed by atoms with Crippen LogP contribution in [0.2, 0.25) is 0 Å². The molecule has 2 saturated heterocycles. The Morgan fingerprint density at radius 3 is 2.77 bits per heavy atom. The highest BCUT2D eigenvalue weighted by Crippen LogP contribution is 2.50. The van der Waals surface area contributed by atoms with E-state index in [9.17, 15) is 9.18 Å². The first-order valence-corrected chi connectivity index (χ1v) is 12.9. The first-order valence-electron chi connectivity index (χ1n) is 12.9. The third kappa shape index (κ3) is 3.56. The zero-order valence-electron chi connectivity index (χ0n) is 20.7. The van der Waals surface area contributed by atoms with Crippen molar-refractivity contribution in [1.82, 2.24) is 9.88 Å². The van der Waals surface area contributed by atoms with E-state index in [-0.39, 0.29) is 17.5 Å².